The van der Waals surface area contributed by atoms with Crippen LogP contribution in [0.3, 0.4) is 0 Å². The van der Waals surface area contributed by atoms with Crippen molar-refractivity contribution < 1.29 is 18.9 Å². The third-order valence-corrected chi connectivity index (χ3v) is 10.2. The summed E-state index contributed by atoms with van der Waals surface area (Å²) in [6.45, 7) is 11.6. The molecule has 0 fully saturated rings. The standard InChI is InChI=1S/C54H62N2O4/c1-5-9-39-57-51-31-23-47(24-32-51)55(48-25-33-52(34-26-48)58-40-10-6-2)45-19-15-43(16-20-45)13-14-44-17-21-46(22-18-44)56(49-27-35-53(36-28-49)59-41-11-7-3)50-29-37-54(38-30-50)60-42-12-8-4/h13-38H,5-12,39-42H2,1-4H3/b14-13+. The normalized spacial score (nSPS) is 11.1. The first-order valence-electron chi connectivity index (χ1n) is 22.0. The van der Waals surface area contributed by atoms with E-state index in [1.165, 1.54) is 0 Å². The molecule has 0 saturated heterocycles. The van der Waals surface area contributed by atoms with Crippen LogP contribution in [0.5, 0.6) is 23.0 Å². The Hall–Kier alpha value is -6.14. The van der Waals surface area contributed by atoms with Crippen molar-refractivity contribution in [3.05, 3.63) is 157 Å². The highest BCUT2D eigenvalue weighted by Crippen LogP contribution is 2.38. The number of ether oxygens (including phenoxy) is 4. The average Bonchev–Trinajstić information content (AvgIpc) is 3.29. The molecule has 0 unspecified atom stereocenters. The predicted octanol–water partition coefficient (Wildman–Crippen LogP) is 15.5. The SMILES string of the molecule is CCCCOc1ccc(N(c2ccc(/C=C/c3ccc(N(c4ccc(OCCCC)cc4)c4ccc(OCCCC)cc4)cc3)cc2)c2ccc(OCCCC)cc2)cc1. The average molecular weight is 803 g/mol. The van der Waals surface area contributed by atoms with Gasteiger partial charge in [-0.1, -0.05) is 89.8 Å². The summed E-state index contributed by atoms with van der Waals surface area (Å²) in [5.41, 5.74) is 8.60. The topological polar surface area (TPSA) is 43.4 Å². The molecule has 0 saturated carbocycles. The van der Waals surface area contributed by atoms with Gasteiger partial charge < -0.3 is 28.7 Å². The zero-order chi connectivity index (χ0) is 41.8. The fourth-order valence-corrected chi connectivity index (χ4v) is 6.66. The number of hydrogen-bond donors (Lipinski definition) is 0. The number of rotatable bonds is 24. The third kappa shape index (κ3) is 12.7. The highest BCUT2D eigenvalue weighted by atomic mass is 16.5. The molecule has 312 valence electrons. The largest absolute Gasteiger partial charge is 0.494 e. The second-order valence-electron chi connectivity index (χ2n) is 15.0. The number of nitrogens with zero attached hydrogens (tertiary/aromatic N) is 2. The van der Waals surface area contributed by atoms with Crippen molar-refractivity contribution in [1.82, 2.24) is 0 Å². The zero-order valence-corrected chi connectivity index (χ0v) is 36.0. The van der Waals surface area contributed by atoms with E-state index in [1.807, 2.05) is 0 Å². The minimum absolute atomic E-state index is 0.727. The van der Waals surface area contributed by atoms with Crippen LogP contribution in [-0.4, -0.2) is 26.4 Å². The summed E-state index contributed by atoms with van der Waals surface area (Å²) < 4.78 is 23.9. The Morgan fingerprint density at radius 3 is 0.700 bits per heavy atom. The summed E-state index contributed by atoms with van der Waals surface area (Å²) in [5, 5.41) is 0. The molecule has 0 aliphatic carbocycles. The summed E-state index contributed by atoms with van der Waals surface area (Å²) in [7, 11) is 0. The number of benzene rings is 6. The van der Waals surface area contributed by atoms with E-state index in [-0.39, 0.29) is 0 Å². The highest BCUT2D eigenvalue weighted by Gasteiger charge is 2.15. The van der Waals surface area contributed by atoms with Gasteiger partial charge >= 0.3 is 0 Å². The van der Waals surface area contributed by atoms with Crippen LogP contribution in [0.15, 0.2) is 146 Å². The summed E-state index contributed by atoms with van der Waals surface area (Å²) in [5.74, 6) is 3.54. The van der Waals surface area contributed by atoms with E-state index in [1.54, 1.807) is 0 Å². The number of unbranched alkanes of at least 4 members (excludes halogenated alkanes) is 4. The summed E-state index contributed by atoms with van der Waals surface area (Å²) >= 11 is 0. The van der Waals surface area contributed by atoms with Gasteiger partial charge in [0.2, 0.25) is 0 Å². The maximum absolute atomic E-state index is 5.97. The summed E-state index contributed by atoms with van der Waals surface area (Å²) in [6.07, 6.45) is 12.9. The predicted molar refractivity (Wildman–Crippen MR) is 253 cm³/mol. The fraction of sp³-hybridized carbons (Fsp3) is 0.296. The van der Waals surface area contributed by atoms with Gasteiger partial charge in [0, 0.05) is 34.1 Å². The molecule has 0 heterocycles. The summed E-state index contributed by atoms with van der Waals surface area (Å²) in [6, 6.07) is 50.9. The van der Waals surface area contributed by atoms with Crippen LogP contribution < -0.4 is 28.7 Å². The van der Waals surface area contributed by atoms with Gasteiger partial charge in [-0.3, -0.25) is 0 Å². The quantitative estimate of drug-likeness (QED) is 0.0449. The van der Waals surface area contributed by atoms with Crippen molar-refractivity contribution in [2.45, 2.75) is 79.1 Å². The molecule has 0 amide bonds. The van der Waals surface area contributed by atoms with E-state index < -0.39 is 0 Å². The van der Waals surface area contributed by atoms with Crippen LogP contribution >= 0.6 is 0 Å². The molecule has 0 aliphatic heterocycles. The van der Waals surface area contributed by atoms with Gasteiger partial charge in [-0.05, 0) is 158 Å². The first kappa shape index (κ1) is 43.4. The molecule has 6 nitrogen and oxygen atoms in total. The molecular formula is C54H62N2O4. The molecule has 6 heteroatoms. The molecule has 6 aromatic rings. The molecule has 0 atom stereocenters. The van der Waals surface area contributed by atoms with Crippen LogP contribution in [0.2, 0.25) is 0 Å². The van der Waals surface area contributed by atoms with Gasteiger partial charge in [-0.15, -0.1) is 0 Å². The Morgan fingerprint density at radius 1 is 0.300 bits per heavy atom. The van der Waals surface area contributed by atoms with E-state index in [2.05, 4.69) is 195 Å². The van der Waals surface area contributed by atoms with E-state index in [4.69, 9.17) is 18.9 Å². The molecule has 0 N–H and O–H groups in total. The monoisotopic (exact) mass is 802 g/mol. The van der Waals surface area contributed by atoms with Crippen LogP contribution in [0.4, 0.5) is 34.1 Å². The molecule has 6 rings (SSSR count). The molecule has 0 aliphatic rings. The Bertz CT molecular complexity index is 1870. The van der Waals surface area contributed by atoms with Crippen molar-refractivity contribution in [3.8, 4) is 23.0 Å². The Kier molecular flexibility index (Phi) is 17.0. The second kappa shape index (κ2) is 23.5. The Labute approximate surface area is 359 Å². The van der Waals surface area contributed by atoms with Crippen molar-refractivity contribution >= 4 is 46.3 Å². The zero-order valence-electron chi connectivity index (χ0n) is 36.0. The maximum Gasteiger partial charge on any atom is 0.119 e. The van der Waals surface area contributed by atoms with E-state index >= 15 is 0 Å². The van der Waals surface area contributed by atoms with Crippen molar-refractivity contribution in [2.24, 2.45) is 0 Å². The van der Waals surface area contributed by atoms with Gasteiger partial charge in [-0.25, -0.2) is 0 Å². The minimum Gasteiger partial charge on any atom is -0.494 e. The molecule has 6 aromatic carbocycles. The van der Waals surface area contributed by atoms with Gasteiger partial charge in [-0.2, -0.15) is 0 Å². The fourth-order valence-electron chi connectivity index (χ4n) is 6.66. The molecule has 0 bridgehead atoms. The molecular weight excluding hydrogens is 741 g/mol. The third-order valence-electron chi connectivity index (χ3n) is 10.2. The van der Waals surface area contributed by atoms with Crippen LogP contribution in [-0.2, 0) is 0 Å². The van der Waals surface area contributed by atoms with Crippen LogP contribution in [0.25, 0.3) is 12.2 Å². The minimum atomic E-state index is 0.727. The lowest BCUT2D eigenvalue weighted by Crippen LogP contribution is -2.10. The van der Waals surface area contributed by atoms with Crippen molar-refractivity contribution in [3.63, 3.8) is 0 Å². The number of anilines is 6. The lowest BCUT2D eigenvalue weighted by molar-refractivity contribution is 0.309. The molecule has 0 aromatic heterocycles. The first-order chi connectivity index (χ1) is 29.6. The van der Waals surface area contributed by atoms with E-state index in [0.29, 0.717) is 0 Å². The number of hydrogen-bond acceptors (Lipinski definition) is 6. The first-order valence-corrected chi connectivity index (χ1v) is 22.0. The lowest BCUT2D eigenvalue weighted by atomic mass is 10.1. The van der Waals surface area contributed by atoms with Gasteiger partial charge in [0.15, 0.2) is 0 Å². The second-order valence-corrected chi connectivity index (χ2v) is 15.0. The van der Waals surface area contributed by atoms with E-state index in [0.717, 1.165) is 146 Å². The smallest absolute Gasteiger partial charge is 0.119 e. The van der Waals surface area contributed by atoms with Crippen molar-refractivity contribution in [2.75, 3.05) is 36.2 Å². The molecule has 0 radical (unpaired) electrons. The van der Waals surface area contributed by atoms with Gasteiger partial charge in [0.05, 0.1) is 26.4 Å². The van der Waals surface area contributed by atoms with Gasteiger partial charge in [0.1, 0.15) is 23.0 Å². The molecule has 60 heavy (non-hydrogen) atoms. The molecule has 0 spiro atoms. The van der Waals surface area contributed by atoms with Crippen molar-refractivity contribution in [1.29, 1.82) is 0 Å². The Morgan fingerprint density at radius 2 is 0.500 bits per heavy atom. The van der Waals surface area contributed by atoms with Gasteiger partial charge in [0.25, 0.3) is 0 Å². The van der Waals surface area contributed by atoms with Crippen LogP contribution in [0, 0.1) is 0 Å². The van der Waals surface area contributed by atoms with Crippen LogP contribution in [0.1, 0.15) is 90.2 Å². The Balaban J connectivity index is 1.20. The maximum atomic E-state index is 5.97. The lowest BCUT2D eigenvalue weighted by Gasteiger charge is -2.26. The summed E-state index contributed by atoms with van der Waals surface area (Å²) in [4.78, 5) is 4.54. The van der Waals surface area contributed by atoms with E-state index in [9.17, 15) is 0 Å². The highest BCUT2D eigenvalue weighted by molar-refractivity contribution is 5.80.